The Bertz CT molecular complexity index is 764. The summed E-state index contributed by atoms with van der Waals surface area (Å²) in [6, 6.07) is 4.79. The number of piperidine rings is 1. The lowest BCUT2D eigenvalue weighted by molar-refractivity contribution is -0.151. The predicted octanol–water partition coefficient (Wildman–Crippen LogP) is 1.59. The van der Waals surface area contributed by atoms with Gasteiger partial charge in [0, 0.05) is 24.9 Å². The Morgan fingerprint density at radius 3 is 2.79 bits per heavy atom. The molecule has 2 aromatic rings. The van der Waals surface area contributed by atoms with Crippen molar-refractivity contribution in [2.75, 3.05) is 6.54 Å². The van der Waals surface area contributed by atoms with Crippen LogP contribution in [0.4, 0.5) is 8.78 Å². The Hall–Kier alpha value is -2.84. The van der Waals surface area contributed by atoms with E-state index in [1.165, 1.54) is 23.0 Å². The highest BCUT2D eigenvalue weighted by atomic mass is 19.3. The van der Waals surface area contributed by atoms with Crippen LogP contribution < -0.4 is 0 Å². The zero-order chi connectivity index (χ0) is 17.3. The third-order valence-corrected chi connectivity index (χ3v) is 3.91. The van der Waals surface area contributed by atoms with Crippen LogP contribution in [0.25, 0.3) is 5.69 Å². The summed E-state index contributed by atoms with van der Waals surface area (Å²) in [4.78, 5) is 24.9. The molecule has 1 aromatic heterocycles. The Balaban J connectivity index is 1.88. The number of alkyl halides is 2. The van der Waals surface area contributed by atoms with Crippen LogP contribution in [-0.2, 0) is 4.79 Å². The quantitative estimate of drug-likeness (QED) is 0.919. The Kier molecular flexibility index (Phi) is 4.00. The Labute approximate surface area is 135 Å². The molecule has 1 N–H and O–H groups in total. The zero-order valence-corrected chi connectivity index (χ0v) is 12.5. The van der Waals surface area contributed by atoms with Gasteiger partial charge >= 0.3 is 5.97 Å². The number of hydrogen-bond acceptors (Lipinski definition) is 4. The van der Waals surface area contributed by atoms with Crippen LogP contribution in [0.1, 0.15) is 23.2 Å². The molecule has 1 amide bonds. The van der Waals surface area contributed by atoms with Crippen molar-refractivity contribution in [3.63, 3.8) is 0 Å². The summed E-state index contributed by atoms with van der Waals surface area (Å²) in [6.45, 7) is -0.309. The van der Waals surface area contributed by atoms with Gasteiger partial charge in [-0.2, -0.15) is 0 Å². The van der Waals surface area contributed by atoms with E-state index in [1.807, 2.05) is 0 Å². The molecule has 0 aliphatic carbocycles. The minimum absolute atomic E-state index is 0.208. The largest absolute Gasteiger partial charge is 0.480 e. The molecular formula is C15H14F2N4O3. The lowest BCUT2D eigenvalue weighted by atomic mass is 9.97. The molecule has 2 heterocycles. The topological polar surface area (TPSA) is 88.3 Å². The van der Waals surface area contributed by atoms with Gasteiger partial charge in [0.05, 0.1) is 18.1 Å². The van der Waals surface area contributed by atoms with E-state index in [0.29, 0.717) is 5.69 Å². The molecule has 0 radical (unpaired) electrons. The molecule has 1 aliphatic heterocycles. The first-order chi connectivity index (χ1) is 11.4. The molecule has 0 saturated carbocycles. The second kappa shape index (κ2) is 5.99. The lowest BCUT2D eigenvalue weighted by Crippen LogP contribution is -2.53. The van der Waals surface area contributed by atoms with E-state index < -0.39 is 36.7 Å². The summed E-state index contributed by atoms with van der Waals surface area (Å²) in [5.41, 5.74) is 0.770. The van der Waals surface area contributed by atoms with Crippen molar-refractivity contribution >= 4 is 11.9 Å². The van der Waals surface area contributed by atoms with E-state index in [9.17, 15) is 23.5 Å². The highest BCUT2D eigenvalue weighted by molar-refractivity contribution is 5.97. The summed E-state index contributed by atoms with van der Waals surface area (Å²) < 4.78 is 28.4. The van der Waals surface area contributed by atoms with E-state index in [-0.39, 0.29) is 12.1 Å². The molecule has 1 atom stereocenters. The minimum atomic E-state index is -3.08. The lowest BCUT2D eigenvalue weighted by Gasteiger charge is -2.37. The molecule has 1 aliphatic rings. The van der Waals surface area contributed by atoms with Gasteiger partial charge in [0.2, 0.25) is 0 Å². The van der Waals surface area contributed by atoms with Gasteiger partial charge in [-0.05, 0) is 18.2 Å². The molecule has 7 nitrogen and oxygen atoms in total. The highest BCUT2D eigenvalue weighted by Gasteiger charge is 2.45. The van der Waals surface area contributed by atoms with Gasteiger partial charge in [-0.3, -0.25) is 4.79 Å². The summed E-state index contributed by atoms with van der Waals surface area (Å²) in [7, 11) is 0. The van der Waals surface area contributed by atoms with Crippen molar-refractivity contribution < 1.29 is 23.5 Å². The predicted molar refractivity (Wildman–Crippen MR) is 78.0 cm³/mol. The van der Waals surface area contributed by atoms with Crippen molar-refractivity contribution in [1.82, 2.24) is 19.9 Å². The van der Waals surface area contributed by atoms with Crippen LogP contribution in [0.2, 0.25) is 0 Å². The van der Waals surface area contributed by atoms with Crippen molar-refractivity contribution in [2.45, 2.75) is 24.8 Å². The molecule has 24 heavy (non-hydrogen) atoms. The number of rotatable bonds is 3. The number of amides is 1. The Morgan fingerprint density at radius 1 is 1.33 bits per heavy atom. The maximum absolute atomic E-state index is 13.5. The van der Waals surface area contributed by atoms with E-state index in [0.717, 1.165) is 4.90 Å². The first kappa shape index (κ1) is 16.0. The second-order valence-electron chi connectivity index (χ2n) is 5.56. The number of aromatic nitrogens is 3. The molecular weight excluding hydrogens is 322 g/mol. The number of nitrogens with zero attached hydrogens (tertiary/aromatic N) is 4. The number of aliphatic carboxylic acids is 1. The summed E-state index contributed by atoms with van der Waals surface area (Å²) in [5.74, 6) is -5.11. The number of likely N-dealkylation sites (tertiary alicyclic amines) is 1. The number of carbonyl (C=O) groups is 2. The number of carboxylic acid groups (broad SMARTS) is 1. The summed E-state index contributed by atoms with van der Waals surface area (Å²) in [5, 5.41) is 16.7. The van der Waals surface area contributed by atoms with Crippen molar-refractivity contribution in [1.29, 1.82) is 0 Å². The molecule has 1 saturated heterocycles. The van der Waals surface area contributed by atoms with Crippen molar-refractivity contribution in [3.05, 3.63) is 42.2 Å². The fourth-order valence-electron chi connectivity index (χ4n) is 2.69. The molecule has 1 fully saturated rings. The van der Waals surface area contributed by atoms with Gasteiger partial charge in [0.1, 0.15) is 6.04 Å². The Morgan fingerprint density at radius 2 is 2.12 bits per heavy atom. The number of carboxylic acids is 1. The molecule has 1 unspecified atom stereocenters. The number of hydrogen-bond donors (Lipinski definition) is 1. The fourth-order valence-corrected chi connectivity index (χ4v) is 2.69. The maximum atomic E-state index is 13.5. The maximum Gasteiger partial charge on any atom is 0.326 e. The van der Waals surface area contributed by atoms with Gasteiger partial charge < -0.3 is 10.0 Å². The van der Waals surface area contributed by atoms with Crippen LogP contribution in [0.15, 0.2) is 36.7 Å². The van der Waals surface area contributed by atoms with Gasteiger partial charge in [-0.1, -0.05) is 11.3 Å². The molecule has 9 heteroatoms. The van der Waals surface area contributed by atoms with Crippen LogP contribution in [0.3, 0.4) is 0 Å². The molecule has 126 valence electrons. The summed E-state index contributed by atoms with van der Waals surface area (Å²) in [6.07, 6.45) is 1.63. The normalized spacial score (nSPS) is 19.9. The third-order valence-electron chi connectivity index (χ3n) is 3.91. The zero-order valence-electron chi connectivity index (χ0n) is 12.5. The smallest absolute Gasteiger partial charge is 0.326 e. The molecule has 1 aromatic carbocycles. The first-order valence-corrected chi connectivity index (χ1v) is 7.26. The van der Waals surface area contributed by atoms with E-state index in [2.05, 4.69) is 10.3 Å². The van der Waals surface area contributed by atoms with E-state index >= 15 is 0 Å². The van der Waals surface area contributed by atoms with Gasteiger partial charge in [0.15, 0.2) is 0 Å². The average Bonchev–Trinajstić information content (AvgIpc) is 3.08. The number of halogens is 2. The average molecular weight is 336 g/mol. The highest BCUT2D eigenvalue weighted by Crippen LogP contribution is 2.32. The van der Waals surface area contributed by atoms with Crippen LogP contribution in [0.5, 0.6) is 0 Å². The second-order valence-corrected chi connectivity index (χ2v) is 5.56. The van der Waals surface area contributed by atoms with Crippen molar-refractivity contribution in [3.8, 4) is 5.69 Å². The van der Waals surface area contributed by atoms with E-state index in [4.69, 9.17) is 0 Å². The monoisotopic (exact) mass is 336 g/mol. The van der Waals surface area contributed by atoms with Gasteiger partial charge in [-0.25, -0.2) is 18.3 Å². The number of carbonyl (C=O) groups excluding carboxylic acids is 1. The first-order valence-electron chi connectivity index (χ1n) is 7.26. The van der Waals surface area contributed by atoms with Crippen LogP contribution in [0, 0.1) is 0 Å². The third kappa shape index (κ3) is 3.10. The van der Waals surface area contributed by atoms with Crippen LogP contribution >= 0.6 is 0 Å². The molecule has 0 spiro atoms. The van der Waals surface area contributed by atoms with Gasteiger partial charge in [0.25, 0.3) is 11.8 Å². The SMILES string of the molecule is O=C(O)C1CC(F)(F)CCN1C(=O)c1cccc(-n2ccnn2)c1. The van der Waals surface area contributed by atoms with Gasteiger partial charge in [-0.15, -0.1) is 5.10 Å². The molecule has 0 bridgehead atoms. The number of benzene rings is 1. The van der Waals surface area contributed by atoms with Crippen LogP contribution in [-0.4, -0.2) is 55.4 Å². The van der Waals surface area contributed by atoms with Crippen molar-refractivity contribution in [2.24, 2.45) is 0 Å². The fraction of sp³-hybridized carbons (Fsp3) is 0.333. The standard InChI is InChI=1S/C15H14F2N4O3/c16-15(17)4-6-20(12(9-15)14(23)24)13(22)10-2-1-3-11(8-10)21-7-5-18-19-21/h1-3,5,7-8,12H,4,6,9H2,(H,23,24). The minimum Gasteiger partial charge on any atom is -0.480 e. The molecule has 3 rings (SSSR count). The van der Waals surface area contributed by atoms with E-state index in [1.54, 1.807) is 18.3 Å². The summed E-state index contributed by atoms with van der Waals surface area (Å²) >= 11 is 0.